The van der Waals surface area contributed by atoms with E-state index < -0.39 is 0 Å². The van der Waals surface area contributed by atoms with Crippen LogP contribution in [0, 0.1) is 0 Å². The van der Waals surface area contributed by atoms with Gasteiger partial charge in [0.2, 0.25) is 0 Å². The lowest BCUT2D eigenvalue weighted by Crippen LogP contribution is -2.44. The maximum atomic E-state index is 12.7. The van der Waals surface area contributed by atoms with Gasteiger partial charge < -0.3 is 25.4 Å². The standard InChI is InChI=1S/C22H25N7O2/c1-23-20-14-24-13-19(26-20)16-11-18(22(31)25-12-16)27-21(30)15-3-5-17(6-4-15)29-9-7-28(2)8-10-29/h3-6,11-14H,7-10H2,1-2H3,(H,23,26)(H,25,31)(H,27,30). The van der Waals surface area contributed by atoms with Gasteiger partial charge in [-0.15, -0.1) is 0 Å². The quantitative estimate of drug-likeness (QED) is 0.580. The molecule has 0 unspecified atom stereocenters. The largest absolute Gasteiger partial charge is 0.372 e. The number of carbonyl (C=O) groups excluding carboxylic acids is 1. The monoisotopic (exact) mass is 419 g/mol. The Kier molecular flexibility index (Phi) is 5.94. The van der Waals surface area contributed by atoms with Crippen molar-refractivity contribution in [3.8, 4) is 11.3 Å². The molecule has 9 heteroatoms. The molecule has 31 heavy (non-hydrogen) atoms. The van der Waals surface area contributed by atoms with Crippen LogP contribution in [-0.4, -0.2) is 66.0 Å². The number of piperazine rings is 1. The van der Waals surface area contributed by atoms with E-state index in [4.69, 9.17) is 0 Å². The van der Waals surface area contributed by atoms with Crippen molar-refractivity contribution < 1.29 is 4.79 Å². The maximum Gasteiger partial charge on any atom is 0.271 e. The average molecular weight is 419 g/mol. The van der Waals surface area contributed by atoms with Crippen molar-refractivity contribution in [2.75, 3.05) is 55.8 Å². The Labute approximate surface area is 180 Å². The fraction of sp³-hybridized carbons (Fsp3) is 0.273. The molecule has 0 aliphatic carbocycles. The molecule has 1 aliphatic rings. The van der Waals surface area contributed by atoms with E-state index in [1.165, 1.54) is 0 Å². The van der Waals surface area contributed by atoms with Crippen molar-refractivity contribution in [2.24, 2.45) is 0 Å². The van der Waals surface area contributed by atoms with Crippen LogP contribution in [0.2, 0.25) is 0 Å². The fourth-order valence-corrected chi connectivity index (χ4v) is 3.43. The van der Waals surface area contributed by atoms with Crippen LogP contribution in [0.1, 0.15) is 10.4 Å². The van der Waals surface area contributed by atoms with Gasteiger partial charge in [0.15, 0.2) is 0 Å². The number of aromatic nitrogens is 3. The number of amides is 1. The first kappa shape index (κ1) is 20.5. The van der Waals surface area contributed by atoms with Crippen molar-refractivity contribution in [3.05, 3.63) is 64.8 Å². The minimum Gasteiger partial charge on any atom is -0.372 e. The average Bonchev–Trinajstić information content (AvgIpc) is 2.81. The molecule has 1 aromatic carbocycles. The highest BCUT2D eigenvalue weighted by Crippen LogP contribution is 2.20. The van der Waals surface area contributed by atoms with Gasteiger partial charge in [-0.1, -0.05) is 0 Å². The summed E-state index contributed by atoms with van der Waals surface area (Å²) in [6, 6.07) is 9.05. The molecule has 3 N–H and O–H groups in total. The highest BCUT2D eigenvalue weighted by molar-refractivity contribution is 6.04. The minimum absolute atomic E-state index is 0.155. The van der Waals surface area contributed by atoms with Gasteiger partial charge in [0.1, 0.15) is 11.5 Å². The smallest absolute Gasteiger partial charge is 0.271 e. The van der Waals surface area contributed by atoms with E-state index in [-0.39, 0.29) is 17.2 Å². The number of carbonyl (C=O) groups is 1. The summed E-state index contributed by atoms with van der Waals surface area (Å²) in [4.78, 5) is 40.8. The van der Waals surface area contributed by atoms with E-state index in [2.05, 4.69) is 42.4 Å². The third-order valence-corrected chi connectivity index (χ3v) is 5.34. The van der Waals surface area contributed by atoms with Crippen molar-refractivity contribution in [2.45, 2.75) is 0 Å². The summed E-state index contributed by atoms with van der Waals surface area (Å²) < 4.78 is 0. The normalized spacial score (nSPS) is 14.3. The Hall–Kier alpha value is -3.72. The molecular formula is C22H25N7O2. The van der Waals surface area contributed by atoms with Crippen LogP contribution in [0.15, 0.2) is 53.7 Å². The maximum absolute atomic E-state index is 12.7. The molecule has 0 spiro atoms. The number of hydrogen-bond donors (Lipinski definition) is 3. The molecule has 0 radical (unpaired) electrons. The van der Waals surface area contributed by atoms with Crippen LogP contribution in [0.25, 0.3) is 11.3 Å². The summed E-state index contributed by atoms with van der Waals surface area (Å²) in [6.45, 7) is 3.95. The number of hydrogen-bond acceptors (Lipinski definition) is 7. The van der Waals surface area contributed by atoms with Gasteiger partial charge >= 0.3 is 0 Å². The molecule has 160 valence electrons. The number of likely N-dealkylation sites (N-methyl/N-ethyl adjacent to an activating group) is 1. The molecule has 2 aromatic heterocycles. The molecule has 3 aromatic rings. The molecule has 4 rings (SSSR count). The van der Waals surface area contributed by atoms with Gasteiger partial charge in [-0.05, 0) is 37.4 Å². The molecule has 9 nitrogen and oxygen atoms in total. The number of H-pyrrole nitrogens is 1. The molecule has 0 bridgehead atoms. The summed E-state index contributed by atoms with van der Waals surface area (Å²) in [5, 5.41) is 5.63. The molecule has 3 heterocycles. The summed E-state index contributed by atoms with van der Waals surface area (Å²) in [7, 11) is 3.87. The lowest BCUT2D eigenvalue weighted by Gasteiger charge is -2.34. The highest BCUT2D eigenvalue weighted by atomic mass is 16.2. The number of rotatable bonds is 5. The van der Waals surface area contributed by atoms with Crippen LogP contribution < -0.4 is 21.1 Å². The minimum atomic E-state index is -0.385. The zero-order chi connectivity index (χ0) is 21.8. The first-order valence-electron chi connectivity index (χ1n) is 10.1. The molecule has 0 atom stereocenters. The third kappa shape index (κ3) is 4.72. The summed E-state index contributed by atoms with van der Waals surface area (Å²) in [6.07, 6.45) is 4.74. The lowest BCUT2D eigenvalue weighted by molar-refractivity contribution is 0.102. The van der Waals surface area contributed by atoms with Crippen molar-refractivity contribution in [1.82, 2.24) is 19.9 Å². The fourth-order valence-electron chi connectivity index (χ4n) is 3.43. The number of pyridine rings is 1. The predicted octanol–water partition coefficient (Wildman–Crippen LogP) is 1.88. The van der Waals surface area contributed by atoms with E-state index in [9.17, 15) is 9.59 Å². The number of aromatic amines is 1. The predicted molar refractivity (Wildman–Crippen MR) is 122 cm³/mol. The Morgan fingerprint density at radius 3 is 2.55 bits per heavy atom. The van der Waals surface area contributed by atoms with E-state index in [1.807, 2.05) is 12.1 Å². The van der Waals surface area contributed by atoms with Crippen LogP contribution in [-0.2, 0) is 0 Å². The first-order valence-corrected chi connectivity index (χ1v) is 10.1. The number of nitrogens with zero attached hydrogens (tertiary/aromatic N) is 4. The first-order chi connectivity index (χ1) is 15.0. The molecule has 0 saturated carbocycles. The second-order valence-electron chi connectivity index (χ2n) is 7.46. The Bertz CT molecular complexity index is 1120. The topological polar surface area (TPSA) is 106 Å². The van der Waals surface area contributed by atoms with Crippen molar-refractivity contribution in [1.29, 1.82) is 0 Å². The Morgan fingerprint density at radius 1 is 1.10 bits per heavy atom. The second-order valence-corrected chi connectivity index (χ2v) is 7.46. The SMILES string of the molecule is CNc1cncc(-c2c[nH]c(=O)c(NC(=O)c3ccc(N4CCN(C)CC4)cc3)c2)n1. The second kappa shape index (κ2) is 8.97. The third-order valence-electron chi connectivity index (χ3n) is 5.34. The van der Waals surface area contributed by atoms with Crippen molar-refractivity contribution in [3.63, 3.8) is 0 Å². The van der Waals surface area contributed by atoms with Crippen molar-refractivity contribution >= 4 is 23.1 Å². The van der Waals surface area contributed by atoms with Crippen LogP contribution >= 0.6 is 0 Å². The molecular weight excluding hydrogens is 394 g/mol. The van der Waals surface area contributed by atoms with Gasteiger partial charge in [0, 0.05) is 56.2 Å². The van der Waals surface area contributed by atoms with Crippen LogP contribution in [0.3, 0.4) is 0 Å². The molecule has 1 aliphatic heterocycles. The van der Waals surface area contributed by atoms with Crippen LogP contribution in [0.4, 0.5) is 17.2 Å². The zero-order valence-electron chi connectivity index (χ0n) is 17.6. The summed E-state index contributed by atoms with van der Waals surface area (Å²) in [5.74, 6) is 0.261. The van der Waals surface area contributed by atoms with E-state index in [0.717, 1.165) is 31.9 Å². The number of nitrogens with one attached hydrogen (secondary N) is 3. The van der Waals surface area contributed by atoms with Gasteiger partial charge in [-0.25, -0.2) is 4.98 Å². The van der Waals surface area contributed by atoms with E-state index in [1.54, 1.807) is 43.8 Å². The van der Waals surface area contributed by atoms with Gasteiger partial charge in [0.25, 0.3) is 11.5 Å². The molecule has 1 amide bonds. The highest BCUT2D eigenvalue weighted by Gasteiger charge is 2.15. The van der Waals surface area contributed by atoms with E-state index in [0.29, 0.717) is 22.6 Å². The Morgan fingerprint density at radius 2 is 1.84 bits per heavy atom. The number of anilines is 3. The summed E-state index contributed by atoms with van der Waals surface area (Å²) >= 11 is 0. The molecule has 1 saturated heterocycles. The van der Waals surface area contributed by atoms with E-state index >= 15 is 0 Å². The van der Waals surface area contributed by atoms with Gasteiger partial charge in [0.05, 0.1) is 18.1 Å². The lowest BCUT2D eigenvalue weighted by atomic mass is 10.1. The van der Waals surface area contributed by atoms with Crippen LogP contribution in [0.5, 0.6) is 0 Å². The number of benzene rings is 1. The zero-order valence-corrected chi connectivity index (χ0v) is 17.6. The van der Waals surface area contributed by atoms with Gasteiger partial charge in [-0.2, -0.15) is 0 Å². The summed E-state index contributed by atoms with van der Waals surface area (Å²) in [5.41, 5.74) is 2.57. The Balaban J connectivity index is 1.50. The molecule has 1 fully saturated rings. The van der Waals surface area contributed by atoms with Gasteiger partial charge in [-0.3, -0.25) is 14.6 Å².